The van der Waals surface area contributed by atoms with E-state index in [4.69, 9.17) is 9.47 Å². The molecule has 1 atom stereocenters. The molecule has 172 valence electrons. The normalized spacial score (nSPS) is 16.3. The molecule has 0 fully saturated rings. The van der Waals surface area contributed by atoms with Crippen LogP contribution in [0.5, 0.6) is 5.75 Å². The summed E-state index contributed by atoms with van der Waals surface area (Å²) in [6.45, 7) is 1.79. The Morgan fingerprint density at radius 1 is 1.29 bits per heavy atom. The second kappa shape index (κ2) is 11.5. The Balaban J connectivity index is 0.00000341. The Morgan fingerprint density at radius 3 is 2.68 bits per heavy atom. The number of hydrogen-bond acceptors (Lipinski definition) is 5. The number of alkyl halides is 3. The lowest BCUT2D eigenvalue weighted by molar-refractivity contribution is -0.137. The minimum atomic E-state index is -4.35. The van der Waals surface area contributed by atoms with Crippen molar-refractivity contribution in [1.82, 2.24) is 25.4 Å². The summed E-state index contributed by atoms with van der Waals surface area (Å²) in [7, 11) is 3.29. The molecule has 2 N–H and O–H groups in total. The van der Waals surface area contributed by atoms with Crippen LogP contribution in [0, 0.1) is 0 Å². The molecule has 1 unspecified atom stereocenters. The lowest BCUT2D eigenvalue weighted by atomic mass is 10.1. The lowest BCUT2D eigenvalue weighted by Gasteiger charge is -2.25. The molecular weight excluding hydrogens is 528 g/mol. The molecule has 0 saturated heterocycles. The average Bonchev–Trinajstić information content (AvgIpc) is 3.12. The highest BCUT2D eigenvalue weighted by Crippen LogP contribution is 2.30. The number of aliphatic imine (C=N–C) groups is 1. The first kappa shape index (κ1) is 25.2. The molecular formula is C19H26F3IN6O2. The van der Waals surface area contributed by atoms with Crippen LogP contribution in [0.1, 0.15) is 23.6 Å². The van der Waals surface area contributed by atoms with Crippen molar-refractivity contribution < 1.29 is 22.6 Å². The van der Waals surface area contributed by atoms with E-state index in [1.807, 2.05) is 4.68 Å². The zero-order chi connectivity index (χ0) is 21.6. The molecule has 3 rings (SSSR count). The van der Waals surface area contributed by atoms with Gasteiger partial charge in [0.2, 0.25) is 0 Å². The first-order valence-corrected chi connectivity index (χ1v) is 9.58. The van der Waals surface area contributed by atoms with E-state index in [1.54, 1.807) is 14.2 Å². The van der Waals surface area contributed by atoms with E-state index in [0.717, 1.165) is 30.8 Å². The van der Waals surface area contributed by atoms with Crippen molar-refractivity contribution in [2.45, 2.75) is 38.2 Å². The van der Waals surface area contributed by atoms with Crippen LogP contribution in [0.25, 0.3) is 0 Å². The molecule has 1 aliphatic rings. The molecule has 12 heteroatoms. The molecule has 1 aromatic carbocycles. The summed E-state index contributed by atoms with van der Waals surface area (Å²) in [6, 6.07) is 4.78. The lowest BCUT2D eigenvalue weighted by Crippen LogP contribution is -2.47. The number of halogens is 4. The van der Waals surface area contributed by atoms with Crippen LogP contribution >= 0.6 is 24.0 Å². The van der Waals surface area contributed by atoms with Crippen LogP contribution in [0.15, 0.2) is 29.3 Å². The number of fused-ring (bicyclic) bond motifs is 1. The molecule has 0 bridgehead atoms. The standard InChI is InChI=1S/C19H25F3N6O2.HI/c1-23-18(24-9-10-30-15-6-3-13(4-7-15)19(20,21)22)25-14-5-8-17-26-16(12-29-2)27-28(17)11-14;/h3-4,6-7,14H,5,8-12H2,1-2H3,(H2,23,24,25);1H. The largest absolute Gasteiger partial charge is 0.492 e. The highest BCUT2D eigenvalue weighted by molar-refractivity contribution is 14.0. The molecule has 0 amide bonds. The maximum Gasteiger partial charge on any atom is 0.416 e. The van der Waals surface area contributed by atoms with Gasteiger partial charge in [-0.3, -0.25) is 4.99 Å². The summed E-state index contributed by atoms with van der Waals surface area (Å²) in [5.74, 6) is 2.63. The van der Waals surface area contributed by atoms with Gasteiger partial charge in [-0.25, -0.2) is 9.67 Å². The Hall–Kier alpha value is -2.09. The Kier molecular flexibility index (Phi) is 9.34. The van der Waals surface area contributed by atoms with E-state index < -0.39 is 11.7 Å². The molecule has 31 heavy (non-hydrogen) atoms. The van der Waals surface area contributed by atoms with Crippen molar-refractivity contribution in [3.8, 4) is 5.75 Å². The highest BCUT2D eigenvalue weighted by atomic mass is 127. The van der Waals surface area contributed by atoms with Crippen molar-refractivity contribution >= 4 is 29.9 Å². The van der Waals surface area contributed by atoms with Gasteiger partial charge in [-0.2, -0.15) is 18.3 Å². The second-order valence-corrected chi connectivity index (χ2v) is 6.81. The van der Waals surface area contributed by atoms with Crippen molar-refractivity contribution in [3.63, 3.8) is 0 Å². The van der Waals surface area contributed by atoms with Gasteiger partial charge in [0, 0.05) is 26.6 Å². The predicted octanol–water partition coefficient (Wildman–Crippen LogP) is 2.62. The number of guanidine groups is 1. The van der Waals surface area contributed by atoms with Gasteiger partial charge in [-0.05, 0) is 30.7 Å². The zero-order valence-electron chi connectivity index (χ0n) is 17.3. The zero-order valence-corrected chi connectivity index (χ0v) is 19.6. The minimum absolute atomic E-state index is 0. The van der Waals surface area contributed by atoms with Crippen molar-refractivity contribution in [2.75, 3.05) is 27.3 Å². The fourth-order valence-corrected chi connectivity index (χ4v) is 3.14. The molecule has 0 radical (unpaired) electrons. The van der Waals surface area contributed by atoms with Gasteiger partial charge in [-0.1, -0.05) is 0 Å². The van der Waals surface area contributed by atoms with Crippen molar-refractivity contribution in [1.29, 1.82) is 0 Å². The first-order chi connectivity index (χ1) is 14.4. The van der Waals surface area contributed by atoms with Crippen LogP contribution < -0.4 is 15.4 Å². The molecule has 1 aromatic heterocycles. The summed E-state index contributed by atoms with van der Waals surface area (Å²) < 4.78 is 50.2. The Morgan fingerprint density at radius 2 is 2.03 bits per heavy atom. The number of rotatable bonds is 7. The number of nitrogens with zero attached hydrogens (tertiary/aromatic N) is 4. The van der Waals surface area contributed by atoms with Gasteiger partial charge in [0.25, 0.3) is 0 Å². The number of nitrogens with one attached hydrogen (secondary N) is 2. The van der Waals surface area contributed by atoms with Gasteiger partial charge in [-0.15, -0.1) is 24.0 Å². The van der Waals surface area contributed by atoms with Crippen LogP contribution in [0.3, 0.4) is 0 Å². The third-order valence-corrected chi connectivity index (χ3v) is 4.58. The maximum absolute atomic E-state index is 12.6. The van der Waals surface area contributed by atoms with E-state index in [-0.39, 0.29) is 36.6 Å². The van der Waals surface area contributed by atoms with Gasteiger partial charge < -0.3 is 20.1 Å². The second-order valence-electron chi connectivity index (χ2n) is 6.81. The maximum atomic E-state index is 12.6. The number of aromatic nitrogens is 3. The van der Waals surface area contributed by atoms with Crippen LogP contribution in [-0.2, 0) is 30.5 Å². The van der Waals surface area contributed by atoms with Crippen LogP contribution in [-0.4, -0.2) is 54.1 Å². The monoisotopic (exact) mass is 554 g/mol. The van der Waals surface area contributed by atoms with Crippen LogP contribution in [0.4, 0.5) is 13.2 Å². The van der Waals surface area contributed by atoms with Gasteiger partial charge in [0.15, 0.2) is 11.8 Å². The van der Waals surface area contributed by atoms with E-state index in [0.29, 0.717) is 37.2 Å². The number of methoxy groups -OCH3 is 1. The molecule has 0 saturated carbocycles. The summed E-state index contributed by atoms with van der Waals surface area (Å²) in [5.41, 5.74) is -0.699. The smallest absolute Gasteiger partial charge is 0.416 e. The van der Waals surface area contributed by atoms with Crippen molar-refractivity contribution in [2.24, 2.45) is 4.99 Å². The van der Waals surface area contributed by atoms with Gasteiger partial charge in [0.05, 0.1) is 18.7 Å². The summed E-state index contributed by atoms with van der Waals surface area (Å²) in [4.78, 5) is 8.66. The van der Waals surface area contributed by atoms with E-state index in [9.17, 15) is 13.2 Å². The third kappa shape index (κ3) is 7.23. The summed E-state index contributed by atoms with van der Waals surface area (Å²) in [5, 5.41) is 10.9. The molecule has 2 heterocycles. The quantitative estimate of drug-likeness (QED) is 0.237. The molecule has 0 aliphatic carbocycles. The molecule has 1 aliphatic heterocycles. The summed E-state index contributed by atoms with van der Waals surface area (Å²) >= 11 is 0. The Bertz CT molecular complexity index is 857. The number of ether oxygens (including phenoxy) is 2. The fraction of sp³-hybridized carbons (Fsp3) is 0.526. The Labute approximate surface area is 195 Å². The van der Waals surface area contributed by atoms with Gasteiger partial charge in [0.1, 0.15) is 24.8 Å². The highest BCUT2D eigenvalue weighted by Gasteiger charge is 2.30. The number of hydrogen-bond donors (Lipinski definition) is 2. The SMILES string of the molecule is CN=C(NCCOc1ccc(C(F)(F)F)cc1)NC1CCc2nc(COC)nn2C1.I. The van der Waals surface area contributed by atoms with Gasteiger partial charge >= 0.3 is 6.18 Å². The molecule has 2 aromatic rings. The minimum Gasteiger partial charge on any atom is -0.492 e. The first-order valence-electron chi connectivity index (χ1n) is 9.58. The average molecular weight is 554 g/mol. The van der Waals surface area contributed by atoms with E-state index in [1.165, 1.54) is 12.1 Å². The topological polar surface area (TPSA) is 85.6 Å². The molecule has 0 spiro atoms. The summed E-state index contributed by atoms with van der Waals surface area (Å²) in [6.07, 6.45) is -2.65. The fourth-order valence-electron chi connectivity index (χ4n) is 3.14. The third-order valence-electron chi connectivity index (χ3n) is 4.58. The van der Waals surface area contributed by atoms with Crippen molar-refractivity contribution in [3.05, 3.63) is 41.5 Å². The van der Waals surface area contributed by atoms with Crippen LogP contribution in [0.2, 0.25) is 0 Å². The molecule has 8 nitrogen and oxygen atoms in total. The van der Waals surface area contributed by atoms with E-state index in [2.05, 4.69) is 25.7 Å². The predicted molar refractivity (Wildman–Crippen MR) is 120 cm³/mol. The number of benzene rings is 1. The number of aryl methyl sites for hydroxylation is 1. The van der Waals surface area contributed by atoms with E-state index >= 15 is 0 Å².